The summed E-state index contributed by atoms with van der Waals surface area (Å²) in [6.45, 7) is 0. The summed E-state index contributed by atoms with van der Waals surface area (Å²) in [7, 11) is 0. The van der Waals surface area contributed by atoms with Crippen molar-refractivity contribution in [3.05, 3.63) is 57.6 Å². The van der Waals surface area contributed by atoms with Gasteiger partial charge in [0.05, 0.1) is 22.4 Å². The van der Waals surface area contributed by atoms with Crippen LogP contribution in [0.5, 0.6) is 11.5 Å². The van der Waals surface area contributed by atoms with E-state index in [0.29, 0.717) is 30.5 Å². The molecule has 37 heavy (non-hydrogen) atoms. The summed E-state index contributed by atoms with van der Waals surface area (Å²) in [5.74, 6) is -2.55. The number of phenolic OH excluding ortho intramolecular Hbond substituents is 2. The predicted molar refractivity (Wildman–Crippen MR) is 139 cm³/mol. The molecule has 0 aliphatic heterocycles. The van der Waals surface area contributed by atoms with E-state index in [1.807, 2.05) is 6.07 Å². The lowest BCUT2D eigenvalue weighted by Crippen LogP contribution is -2.21. The normalized spacial score (nSPS) is 23.0. The minimum absolute atomic E-state index is 0. The van der Waals surface area contributed by atoms with Crippen LogP contribution in [0.25, 0.3) is 0 Å². The molecular formula is C26H33ClN2O8. The molecule has 2 aliphatic rings. The summed E-state index contributed by atoms with van der Waals surface area (Å²) in [5.41, 5.74) is 6.97. The van der Waals surface area contributed by atoms with Crippen molar-refractivity contribution in [1.29, 1.82) is 0 Å². The van der Waals surface area contributed by atoms with E-state index in [0.717, 1.165) is 37.7 Å². The summed E-state index contributed by atoms with van der Waals surface area (Å²) in [5, 5.41) is 48.7. The fraction of sp³-hybridized carbons (Fsp3) is 0.462. The number of carboxylic acids is 2. The number of carboxylic acid groups (broad SMARTS) is 2. The smallest absolute Gasteiger partial charge is 0.310 e. The molecule has 2 aromatic rings. The number of nitrogen functional groups attached to an aromatic ring is 1. The topological polar surface area (TPSA) is 184 Å². The van der Waals surface area contributed by atoms with Crippen molar-refractivity contribution in [3.8, 4) is 11.5 Å². The number of nitro benzene ring substituents is 1. The molecule has 2 saturated carbocycles. The zero-order valence-electron chi connectivity index (χ0n) is 20.3. The second-order valence-electron chi connectivity index (χ2n) is 9.55. The number of phenols is 2. The van der Waals surface area contributed by atoms with Gasteiger partial charge in [-0.2, -0.15) is 0 Å². The SMILES string of the molecule is Cl.Nc1cccc(C2CCCC(C(=O)O)C2)c1O.O=C(O)C1CCCC(c2cccc([N+](=O)[O-])c2O)C1. The lowest BCUT2D eigenvalue weighted by atomic mass is 9.77. The van der Waals surface area contributed by atoms with E-state index in [2.05, 4.69) is 0 Å². The first kappa shape index (κ1) is 29.7. The van der Waals surface area contributed by atoms with E-state index < -0.39 is 22.8 Å². The molecular weight excluding hydrogens is 504 g/mol. The maximum absolute atomic E-state index is 11.0. The van der Waals surface area contributed by atoms with E-state index in [4.69, 9.17) is 15.9 Å². The molecule has 4 unspecified atom stereocenters. The van der Waals surface area contributed by atoms with Crippen LogP contribution in [-0.4, -0.2) is 37.3 Å². The Kier molecular flexibility index (Phi) is 10.5. The van der Waals surface area contributed by atoms with E-state index in [9.17, 15) is 29.9 Å². The average Bonchev–Trinajstić information content (AvgIpc) is 2.86. The average molecular weight is 537 g/mol. The van der Waals surface area contributed by atoms with Crippen molar-refractivity contribution in [2.45, 2.75) is 63.2 Å². The molecule has 2 aliphatic carbocycles. The van der Waals surface area contributed by atoms with Crippen LogP contribution in [0.1, 0.15) is 74.3 Å². The third kappa shape index (κ3) is 7.25. The minimum atomic E-state index is -0.838. The Morgan fingerprint density at radius 1 is 0.811 bits per heavy atom. The van der Waals surface area contributed by atoms with E-state index in [1.54, 1.807) is 18.2 Å². The van der Waals surface area contributed by atoms with E-state index >= 15 is 0 Å². The van der Waals surface area contributed by atoms with Gasteiger partial charge in [0.25, 0.3) is 0 Å². The van der Waals surface area contributed by atoms with Gasteiger partial charge < -0.3 is 26.2 Å². The van der Waals surface area contributed by atoms with Gasteiger partial charge in [0.15, 0.2) is 5.75 Å². The quantitative estimate of drug-likeness (QED) is 0.144. The molecule has 0 amide bonds. The predicted octanol–water partition coefficient (Wildman–Crippen LogP) is 5.41. The van der Waals surface area contributed by atoms with Gasteiger partial charge in [-0.25, -0.2) is 0 Å². The third-order valence-corrected chi connectivity index (χ3v) is 7.27. The third-order valence-electron chi connectivity index (χ3n) is 7.27. The minimum Gasteiger partial charge on any atom is -0.505 e. The second-order valence-corrected chi connectivity index (χ2v) is 9.55. The summed E-state index contributed by atoms with van der Waals surface area (Å²) in [6.07, 6.45) is 5.67. The number of nitro groups is 1. The summed E-state index contributed by atoms with van der Waals surface area (Å²) < 4.78 is 0. The van der Waals surface area contributed by atoms with Crippen molar-refractivity contribution < 1.29 is 34.9 Å². The molecule has 0 bridgehead atoms. The van der Waals surface area contributed by atoms with Crippen molar-refractivity contribution in [3.63, 3.8) is 0 Å². The van der Waals surface area contributed by atoms with Gasteiger partial charge in [-0.05, 0) is 62.0 Å². The highest BCUT2D eigenvalue weighted by Gasteiger charge is 2.31. The molecule has 11 heteroatoms. The molecule has 2 aromatic carbocycles. The van der Waals surface area contributed by atoms with Gasteiger partial charge >= 0.3 is 17.6 Å². The van der Waals surface area contributed by atoms with Gasteiger partial charge in [-0.1, -0.05) is 37.1 Å². The Morgan fingerprint density at radius 2 is 1.27 bits per heavy atom. The molecule has 10 nitrogen and oxygen atoms in total. The number of anilines is 1. The fourth-order valence-electron chi connectivity index (χ4n) is 5.33. The van der Waals surface area contributed by atoms with Gasteiger partial charge in [0, 0.05) is 11.6 Å². The number of nitrogens with two attached hydrogens (primary N) is 1. The molecule has 0 heterocycles. The Labute approximate surface area is 220 Å². The van der Waals surface area contributed by atoms with Crippen LogP contribution >= 0.6 is 12.4 Å². The first-order valence-electron chi connectivity index (χ1n) is 12.1. The van der Waals surface area contributed by atoms with Crippen LogP contribution < -0.4 is 5.73 Å². The van der Waals surface area contributed by atoms with Crippen molar-refractivity contribution in [2.75, 3.05) is 5.73 Å². The number of nitrogens with zero attached hydrogens (tertiary/aromatic N) is 1. The molecule has 0 aromatic heterocycles. The Bertz CT molecular complexity index is 1130. The van der Waals surface area contributed by atoms with Crippen LogP contribution in [0.4, 0.5) is 11.4 Å². The Morgan fingerprint density at radius 3 is 1.73 bits per heavy atom. The zero-order valence-corrected chi connectivity index (χ0v) is 21.1. The lowest BCUT2D eigenvalue weighted by molar-refractivity contribution is -0.386. The van der Waals surface area contributed by atoms with E-state index in [1.165, 1.54) is 12.1 Å². The number of halogens is 1. The number of benzene rings is 2. The van der Waals surface area contributed by atoms with Crippen LogP contribution in [0, 0.1) is 22.0 Å². The summed E-state index contributed by atoms with van der Waals surface area (Å²) in [6, 6.07) is 9.69. The second kappa shape index (κ2) is 13.1. The number of carbonyl (C=O) groups is 2. The van der Waals surface area contributed by atoms with Crippen molar-refractivity contribution >= 4 is 35.7 Å². The standard InChI is InChI=1S/C13H15NO5.C13H17NO3.ClH/c15-12-10(5-2-6-11(12)14(18)19)8-3-1-4-9(7-8)13(16)17;14-11-6-2-5-10(12(11)15)8-3-1-4-9(7-8)13(16)17;/h2,5-6,8-9,15H,1,3-4,7H2,(H,16,17);2,5-6,8-9,15H,1,3-4,7,14H2,(H,16,17);1H. The van der Waals surface area contributed by atoms with Crippen LogP contribution in [0.15, 0.2) is 36.4 Å². The van der Waals surface area contributed by atoms with Crippen molar-refractivity contribution in [2.24, 2.45) is 11.8 Å². The highest BCUT2D eigenvalue weighted by molar-refractivity contribution is 5.85. The number of hydrogen-bond donors (Lipinski definition) is 5. The first-order chi connectivity index (χ1) is 17.1. The molecule has 202 valence electrons. The molecule has 2 fully saturated rings. The molecule has 0 radical (unpaired) electrons. The molecule has 4 rings (SSSR count). The summed E-state index contributed by atoms with van der Waals surface area (Å²) in [4.78, 5) is 32.2. The van der Waals surface area contributed by atoms with Gasteiger partial charge in [0.2, 0.25) is 0 Å². The number of rotatable bonds is 5. The molecule has 0 saturated heterocycles. The van der Waals surface area contributed by atoms with Crippen molar-refractivity contribution in [1.82, 2.24) is 0 Å². The Balaban J connectivity index is 0.000000255. The fourth-order valence-corrected chi connectivity index (χ4v) is 5.33. The number of hydrogen-bond acceptors (Lipinski definition) is 7. The van der Waals surface area contributed by atoms with Gasteiger partial charge in [-0.3, -0.25) is 19.7 Å². The largest absolute Gasteiger partial charge is 0.505 e. The molecule has 4 atom stereocenters. The number of aromatic hydroxyl groups is 2. The van der Waals surface area contributed by atoms with E-state index in [-0.39, 0.29) is 47.3 Å². The summed E-state index contributed by atoms with van der Waals surface area (Å²) >= 11 is 0. The lowest BCUT2D eigenvalue weighted by Gasteiger charge is -2.27. The zero-order chi connectivity index (χ0) is 26.4. The monoisotopic (exact) mass is 536 g/mol. The molecule has 6 N–H and O–H groups in total. The molecule has 0 spiro atoms. The number of aliphatic carboxylic acids is 2. The first-order valence-corrected chi connectivity index (χ1v) is 12.1. The highest BCUT2D eigenvalue weighted by atomic mass is 35.5. The Hall–Kier alpha value is -3.53. The van der Waals surface area contributed by atoms with Crippen LogP contribution in [0.2, 0.25) is 0 Å². The number of para-hydroxylation sites is 2. The highest BCUT2D eigenvalue weighted by Crippen LogP contribution is 2.43. The van der Waals surface area contributed by atoms with Gasteiger partial charge in [-0.15, -0.1) is 12.4 Å². The van der Waals surface area contributed by atoms with Gasteiger partial charge in [0.1, 0.15) is 5.75 Å². The maximum Gasteiger partial charge on any atom is 0.310 e. The van der Waals surface area contributed by atoms with Crippen LogP contribution in [0.3, 0.4) is 0 Å². The maximum atomic E-state index is 11.0. The van der Waals surface area contributed by atoms with Crippen LogP contribution in [-0.2, 0) is 9.59 Å².